The van der Waals surface area contributed by atoms with Crippen molar-refractivity contribution < 1.29 is 4.79 Å². The van der Waals surface area contributed by atoms with Crippen molar-refractivity contribution in [3.63, 3.8) is 0 Å². The molecule has 1 unspecified atom stereocenters. The molecule has 16 heavy (non-hydrogen) atoms. The summed E-state index contributed by atoms with van der Waals surface area (Å²) in [6, 6.07) is 7.57. The minimum Gasteiger partial charge on any atom is -0.290 e. The SMILES string of the molecule is CCC(C)SCc1cccc(C(=O)NN)c1. The summed E-state index contributed by atoms with van der Waals surface area (Å²) in [6.45, 7) is 4.39. The van der Waals surface area contributed by atoms with Gasteiger partial charge in [0, 0.05) is 16.6 Å². The molecule has 88 valence electrons. The fraction of sp³-hybridized carbons (Fsp3) is 0.417. The van der Waals surface area contributed by atoms with Crippen LogP contribution in [0.5, 0.6) is 0 Å². The van der Waals surface area contributed by atoms with E-state index in [1.165, 1.54) is 0 Å². The van der Waals surface area contributed by atoms with Crippen LogP contribution in [0.25, 0.3) is 0 Å². The lowest BCUT2D eigenvalue weighted by molar-refractivity contribution is 0.0953. The molecular weight excluding hydrogens is 220 g/mol. The van der Waals surface area contributed by atoms with Crippen LogP contribution in [-0.4, -0.2) is 11.2 Å². The van der Waals surface area contributed by atoms with E-state index in [0.717, 1.165) is 17.7 Å². The number of nitrogens with two attached hydrogens (primary N) is 1. The highest BCUT2D eigenvalue weighted by molar-refractivity contribution is 7.99. The molecule has 0 aromatic heterocycles. The number of hydrogen-bond acceptors (Lipinski definition) is 3. The monoisotopic (exact) mass is 238 g/mol. The van der Waals surface area contributed by atoms with Crippen molar-refractivity contribution in [3.05, 3.63) is 35.4 Å². The Morgan fingerprint density at radius 2 is 2.31 bits per heavy atom. The minimum atomic E-state index is -0.240. The summed E-state index contributed by atoms with van der Waals surface area (Å²) in [6.07, 6.45) is 1.16. The molecule has 0 aliphatic rings. The number of benzene rings is 1. The number of hydrogen-bond donors (Lipinski definition) is 2. The van der Waals surface area contributed by atoms with Crippen LogP contribution < -0.4 is 11.3 Å². The predicted molar refractivity (Wildman–Crippen MR) is 69.1 cm³/mol. The lowest BCUT2D eigenvalue weighted by Gasteiger charge is -2.08. The molecule has 0 fully saturated rings. The zero-order chi connectivity index (χ0) is 12.0. The maximum absolute atomic E-state index is 11.3. The molecule has 3 N–H and O–H groups in total. The second-order valence-corrected chi connectivity index (χ2v) is 5.13. The molecule has 1 aromatic rings. The second kappa shape index (κ2) is 6.55. The molecule has 4 heteroatoms. The van der Waals surface area contributed by atoms with Gasteiger partial charge >= 0.3 is 0 Å². The zero-order valence-electron chi connectivity index (χ0n) is 9.69. The van der Waals surface area contributed by atoms with Crippen LogP contribution in [0, 0.1) is 0 Å². The maximum Gasteiger partial charge on any atom is 0.265 e. The molecule has 0 bridgehead atoms. The molecule has 0 radical (unpaired) electrons. The van der Waals surface area contributed by atoms with Crippen LogP contribution in [0.15, 0.2) is 24.3 Å². The van der Waals surface area contributed by atoms with Gasteiger partial charge in [-0.3, -0.25) is 10.2 Å². The van der Waals surface area contributed by atoms with Gasteiger partial charge in [-0.25, -0.2) is 5.84 Å². The molecule has 1 atom stereocenters. The number of carbonyl (C=O) groups is 1. The van der Waals surface area contributed by atoms with Crippen molar-refractivity contribution in [2.75, 3.05) is 0 Å². The number of amides is 1. The fourth-order valence-corrected chi connectivity index (χ4v) is 2.13. The van der Waals surface area contributed by atoms with Crippen molar-refractivity contribution >= 4 is 17.7 Å². The van der Waals surface area contributed by atoms with Crippen LogP contribution in [0.3, 0.4) is 0 Å². The molecule has 0 aliphatic heterocycles. The van der Waals surface area contributed by atoms with Gasteiger partial charge in [0.25, 0.3) is 5.91 Å². The molecule has 0 saturated carbocycles. The molecular formula is C12H18N2OS. The van der Waals surface area contributed by atoms with E-state index in [0.29, 0.717) is 10.8 Å². The Bertz CT molecular complexity index is 355. The topological polar surface area (TPSA) is 55.1 Å². The summed E-state index contributed by atoms with van der Waals surface area (Å²) in [4.78, 5) is 11.3. The summed E-state index contributed by atoms with van der Waals surface area (Å²) in [5.41, 5.74) is 3.91. The smallest absolute Gasteiger partial charge is 0.265 e. The molecule has 1 amide bonds. The van der Waals surface area contributed by atoms with Crippen molar-refractivity contribution in [1.82, 2.24) is 5.43 Å². The third kappa shape index (κ3) is 3.87. The van der Waals surface area contributed by atoms with Gasteiger partial charge in [0.2, 0.25) is 0 Å². The van der Waals surface area contributed by atoms with Gasteiger partial charge in [-0.15, -0.1) is 0 Å². The number of rotatable bonds is 5. The summed E-state index contributed by atoms with van der Waals surface area (Å²) in [5.74, 6) is 5.78. The first-order valence-corrected chi connectivity index (χ1v) is 6.43. The quantitative estimate of drug-likeness (QED) is 0.470. The molecule has 3 nitrogen and oxygen atoms in total. The van der Waals surface area contributed by atoms with E-state index in [1.54, 1.807) is 6.07 Å². The van der Waals surface area contributed by atoms with E-state index < -0.39 is 0 Å². The lowest BCUT2D eigenvalue weighted by Crippen LogP contribution is -2.29. The van der Waals surface area contributed by atoms with Crippen LogP contribution in [0.2, 0.25) is 0 Å². The predicted octanol–water partition coefficient (Wildman–Crippen LogP) is 2.32. The number of hydrazine groups is 1. The first kappa shape index (κ1) is 13.1. The lowest BCUT2D eigenvalue weighted by atomic mass is 10.1. The highest BCUT2D eigenvalue weighted by Crippen LogP contribution is 2.20. The molecule has 0 spiro atoms. The van der Waals surface area contributed by atoms with Gasteiger partial charge in [-0.2, -0.15) is 11.8 Å². The van der Waals surface area contributed by atoms with Crippen LogP contribution in [0.1, 0.15) is 36.2 Å². The van der Waals surface area contributed by atoms with E-state index >= 15 is 0 Å². The van der Waals surface area contributed by atoms with E-state index in [2.05, 4.69) is 19.3 Å². The average molecular weight is 238 g/mol. The molecule has 0 aliphatic carbocycles. The molecule has 0 heterocycles. The Morgan fingerprint density at radius 3 is 2.94 bits per heavy atom. The average Bonchev–Trinajstić information content (AvgIpc) is 2.35. The number of nitrogens with one attached hydrogen (secondary N) is 1. The second-order valence-electron chi connectivity index (χ2n) is 3.70. The summed E-state index contributed by atoms with van der Waals surface area (Å²) in [5, 5.41) is 0.645. The highest BCUT2D eigenvalue weighted by Gasteiger charge is 2.05. The molecule has 1 rings (SSSR count). The van der Waals surface area contributed by atoms with Crippen molar-refractivity contribution in [1.29, 1.82) is 0 Å². The molecule has 0 saturated heterocycles. The van der Waals surface area contributed by atoms with Gasteiger partial charge in [0.1, 0.15) is 0 Å². The van der Waals surface area contributed by atoms with E-state index in [-0.39, 0.29) is 5.91 Å². The minimum absolute atomic E-state index is 0.240. The Morgan fingerprint density at radius 1 is 1.56 bits per heavy atom. The van der Waals surface area contributed by atoms with Gasteiger partial charge in [-0.1, -0.05) is 26.0 Å². The standard InChI is InChI=1S/C12H18N2OS/c1-3-9(2)16-8-10-5-4-6-11(7-10)12(15)14-13/h4-7,9H,3,8,13H2,1-2H3,(H,14,15). The summed E-state index contributed by atoms with van der Waals surface area (Å²) in [7, 11) is 0. The van der Waals surface area contributed by atoms with Crippen LogP contribution in [-0.2, 0) is 5.75 Å². The summed E-state index contributed by atoms with van der Waals surface area (Å²) < 4.78 is 0. The summed E-state index contributed by atoms with van der Waals surface area (Å²) >= 11 is 1.89. The largest absolute Gasteiger partial charge is 0.290 e. The highest BCUT2D eigenvalue weighted by atomic mass is 32.2. The Labute approximate surface area is 101 Å². The number of thioether (sulfide) groups is 1. The van der Waals surface area contributed by atoms with Crippen LogP contribution >= 0.6 is 11.8 Å². The van der Waals surface area contributed by atoms with Gasteiger partial charge < -0.3 is 0 Å². The third-order valence-electron chi connectivity index (χ3n) is 2.43. The Kier molecular flexibility index (Phi) is 5.35. The number of nitrogen functional groups attached to an aromatic ring is 1. The first-order valence-electron chi connectivity index (χ1n) is 5.38. The van der Waals surface area contributed by atoms with E-state index in [9.17, 15) is 4.79 Å². The van der Waals surface area contributed by atoms with E-state index in [1.807, 2.05) is 30.0 Å². The van der Waals surface area contributed by atoms with Crippen molar-refractivity contribution in [3.8, 4) is 0 Å². The third-order valence-corrected chi connectivity index (χ3v) is 3.83. The Balaban J connectivity index is 2.64. The van der Waals surface area contributed by atoms with Gasteiger partial charge in [0.15, 0.2) is 0 Å². The van der Waals surface area contributed by atoms with Crippen molar-refractivity contribution in [2.24, 2.45) is 5.84 Å². The van der Waals surface area contributed by atoms with Gasteiger partial charge in [0.05, 0.1) is 0 Å². The van der Waals surface area contributed by atoms with E-state index in [4.69, 9.17) is 5.84 Å². The van der Waals surface area contributed by atoms with Crippen LogP contribution in [0.4, 0.5) is 0 Å². The van der Waals surface area contributed by atoms with Gasteiger partial charge in [-0.05, 0) is 24.1 Å². The number of carbonyl (C=O) groups excluding carboxylic acids is 1. The molecule has 1 aromatic carbocycles. The fourth-order valence-electron chi connectivity index (χ4n) is 1.24. The Hall–Kier alpha value is -1.00. The normalized spacial score (nSPS) is 12.2. The zero-order valence-corrected chi connectivity index (χ0v) is 10.5. The van der Waals surface area contributed by atoms with Crippen molar-refractivity contribution in [2.45, 2.75) is 31.3 Å². The first-order chi connectivity index (χ1) is 7.67. The maximum atomic E-state index is 11.3.